The van der Waals surface area contributed by atoms with Crippen LogP contribution in [0.4, 0.5) is 0 Å². The van der Waals surface area contributed by atoms with Crippen molar-refractivity contribution in [1.29, 1.82) is 0 Å². The fraction of sp³-hybridized carbons (Fsp3) is 0.833. The van der Waals surface area contributed by atoms with Crippen molar-refractivity contribution in [3.05, 3.63) is 0 Å². The number of carbonyl (C=O) groups is 1. The van der Waals surface area contributed by atoms with E-state index in [4.69, 9.17) is 5.11 Å². The zero-order chi connectivity index (χ0) is 7.28. The molecule has 0 saturated heterocycles. The lowest BCUT2D eigenvalue weighted by Crippen LogP contribution is -2.13. The van der Waals surface area contributed by atoms with Crippen molar-refractivity contribution in [2.45, 2.75) is 32.0 Å². The van der Waals surface area contributed by atoms with E-state index in [2.05, 4.69) is 13.8 Å². The van der Waals surface area contributed by atoms with Gasteiger partial charge in [0, 0.05) is 6.04 Å². The van der Waals surface area contributed by atoms with Gasteiger partial charge in [0.15, 0.2) is 0 Å². The minimum atomic E-state index is -0.632. The molecule has 53 valence electrons. The smallest absolute Gasteiger partial charge is 0.300 e. The zero-order valence-corrected chi connectivity index (χ0v) is 6.98. The molecule has 1 N–H and O–H groups in total. The molecular formula is C6H13O2Si. The molecule has 0 aliphatic heterocycles. The minimum Gasteiger partial charge on any atom is -0.481 e. The zero-order valence-electron chi connectivity index (χ0n) is 5.98. The van der Waals surface area contributed by atoms with Crippen LogP contribution >= 0.6 is 0 Å². The molecule has 0 heterocycles. The van der Waals surface area contributed by atoms with Crippen LogP contribution in [-0.4, -0.2) is 19.9 Å². The molecule has 0 aliphatic carbocycles. The van der Waals surface area contributed by atoms with Crippen LogP contribution in [-0.2, 0) is 4.79 Å². The Hall–Kier alpha value is -0.313. The molecule has 0 spiro atoms. The van der Waals surface area contributed by atoms with E-state index < -0.39 is 14.8 Å². The van der Waals surface area contributed by atoms with E-state index in [0.29, 0.717) is 6.04 Å². The van der Waals surface area contributed by atoms with Crippen molar-refractivity contribution in [2.24, 2.45) is 0 Å². The third kappa shape index (κ3) is 4.21. The maximum atomic E-state index is 10.2. The second-order valence-corrected chi connectivity index (χ2v) is 5.30. The lowest BCUT2D eigenvalue weighted by molar-refractivity contribution is -0.134. The van der Waals surface area contributed by atoms with Gasteiger partial charge in [-0.2, -0.15) is 0 Å². The molecule has 0 rings (SSSR count). The van der Waals surface area contributed by atoms with Crippen molar-refractivity contribution in [3.63, 3.8) is 0 Å². The van der Waals surface area contributed by atoms with Crippen LogP contribution in [0.3, 0.4) is 0 Å². The van der Waals surface area contributed by atoms with Crippen LogP contribution in [0.5, 0.6) is 0 Å². The molecule has 0 unspecified atom stereocenters. The Morgan fingerprint density at radius 2 is 1.89 bits per heavy atom. The lowest BCUT2D eigenvalue weighted by Gasteiger charge is -2.03. The van der Waals surface area contributed by atoms with Gasteiger partial charge in [-0.05, 0) is 0 Å². The van der Waals surface area contributed by atoms with Crippen molar-refractivity contribution in [1.82, 2.24) is 0 Å². The lowest BCUT2D eigenvalue weighted by atomic mass is 10.8. The van der Waals surface area contributed by atoms with E-state index in [9.17, 15) is 4.79 Å². The molecule has 0 bridgehead atoms. The quantitative estimate of drug-likeness (QED) is 0.610. The van der Waals surface area contributed by atoms with Crippen molar-refractivity contribution >= 4 is 14.8 Å². The van der Waals surface area contributed by atoms with Gasteiger partial charge in [0.25, 0.3) is 5.97 Å². The maximum Gasteiger partial charge on any atom is 0.300 e. The standard InChI is InChI=1S/C6H13O2Si/c1-3-9(4-2)5-6(7)8/h3-5H2,1-2H3,(H,7,8). The SMILES string of the molecule is CC[Si](CC)CC(=O)O. The Kier molecular flexibility index (Phi) is 4.40. The summed E-state index contributed by atoms with van der Waals surface area (Å²) >= 11 is 0. The third-order valence-electron chi connectivity index (χ3n) is 1.40. The molecular weight excluding hydrogens is 132 g/mol. The average Bonchev–Trinajstić information content (AvgIpc) is 1.82. The Balaban J connectivity index is 3.43. The molecule has 0 fully saturated rings. The topological polar surface area (TPSA) is 37.3 Å². The highest BCUT2D eigenvalue weighted by molar-refractivity contribution is 6.61. The molecule has 9 heavy (non-hydrogen) atoms. The molecule has 1 radical (unpaired) electrons. The van der Waals surface area contributed by atoms with Gasteiger partial charge in [-0.1, -0.05) is 25.9 Å². The van der Waals surface area contributed by atoms with E-state index in [-0.39, 0.29) is 0 Å². The highest BCUT2D eigenvalue weighted by Crippen LogP contribution is 2.03. The first-order chi connectivity index (χ1) is 4.20. The summed E-state index contributed by atoms with van der Waals surface area (Å²) in [4.78, 5) is 10.2. The van der Waals surface area contributed by atoms with Gasteiger partial charge in [-0.3, -0.25) is 4.79 Å². The number of carboxylic acid groups (broad SMARTS) is 1. The summed E-state index contributed by atoms with van der Waals surface area (Å²) in [6, 6.07) is 2.58. The number of carboxylic acids is 1. The first-order valence-corrected chi connectivity index (χ1v) is 5.38. The van der Waals surface area contributed by atoms with Crippen LogP contribution in [0.15, 0.2) is 0 Å². The second kappa shape index (κ2) is 4.55. The summed E-state index contributed by atoms with van der Waals surface area (Å²) in [5.74, 6) is -0.632. The normalized spacial score (nSPS) is 10.1. The van der Waals surface area contributed by atoms with Gasteiger partial charge in [0.1, 0.15) is 0 Å². The van der Waals surface area contributed by atoms with Crippen LogP contribution in [0.25, 0.3) is 0 Å². The predicted octanol–water partition coefficient (Wildman–Crippen LogP) is 1.61. The molecule has 0 atom stereocenters. The molecule has 2 nitrogen and oxygen atoms in total. The molecule has 0 aromatic rings. The summed E-state index contributed by atoms with van der Waals surface area (Å²) in [7, 11) is -0.522. The highest BCUT2D eigenvalue weighted by Gasteiger charge is 2.09. The molecule has 3 heteroatoms. The summed E-state index contributed by atoms with van der Waals surface area (Å²) in [6.07, 6.45) is 0. The van der Waals surface area contributed by atoms with E-state index in [1.165, 1.54) is 0 Å². The van der Waals surface area contributed by atoms with Crippen LogP contribution in [0.2, 0.25) is 18.1 Å². The molecule has 0 amide bonds. The molecule has 0 aromatic carbocycles. The van der Waals surface area contributed by atoms with Crippen molar-refractivity contribution in [2.75, 3.05) is 0 Å². The third-order valence-corrected chi connectivity index (χ3v) is 4.20. The van der Waals surface area contributed by atoms with Crippen LogP contribution in [0, 0.1) is 0 Å². The average molecular weight is 145 g/mol. The summed E-state index contributed by atoms with van der Waals surface area (Å²) in [5.41, 5.74) is 0. The predicted molar refractivity (Wildman–Crippen MR) is 39.2 cm³/mol. The van der Waals surface area contributed by atoms with Gasteiger partial charge in [-0.15, -0.1) is 0 Å². The summed E-state index contributed by atoms with van der Waals surface area (Å²) < 4.78 is 0. The first kappa shape index (κ1) is 8.69. The number of hydrogen-bond donors (Lipinski definition) is 1. The van der Waals surface area contributed by atoms with E-state index in [1.54, 1.807) is 0 Å². The van der Waals surface area contributed by atoms with Gasteiger partial charge >= 0.3 is 0 Å². The van der Waals surface area contributed by atoms with Crippen LogP contribution in [0.1, 0.15) is 13.8 Å². The van der Waals surface area contributed by atoms with Gasteiger partial charge in [-0.25, -0.2) is 0 Å². The van der Waals surface area contributed by atoms with Crippen molar-refractivity contribution < 1.29 is 9.90 Å². The Morgan fingerprint density at radius 1 is 1.44 bits per heavy atom. The Morgan fingerprint density at radius 3 is 2.00 bits per heavy atom. The van der Waals surface area contributed by atoms with Gasteiger partial charge < -0.3 is 5.11 Å². The highest BCUT2D eigenvalue weighted by atomic mass is 28.3. The number of hydrogen-bond acceptors (Lipinski definition) is 1. The second-order valence-electron chi connectivity index (χ2n) is 2.03. The molecule has 0 aliphatic rings. The summed E-state index contributed by atoms with van der Waals surface area (Å²) in [5, 5.41) is 8.37. The van der Waals surface area contributed by atoms with E-state index in [1.807, 2.05) is 0 Å². The molecule has 0 aromatic heterocycles. The Bertz CT molecular complexity index is 89.1. The first-order valence-electron chi connectivity index (χ1n) is 3.26. The minimum absolute atomic E-state index is 0.428. The van der Waals surface area contributed by atoms with Crippen molar-refractivity contribution in [3.8, 4) is 0 Å². The van der Waals surface area contributed by atoms with E-state index in [0.717, 1.165) is 12.1 Å². The van der Waals surface area contributed by atoms with E-state index >= 15 is 0 Å². The summed E-state index contributed by atoms with van der Waals surface area (Å²) in [6.45, 7) is 4.14. The van der Waals surface area contributed by atoms with Crippen LogP contribution < -0.4 is 0 Å². The number of aliphatic carboxylic acids is 1. The Labute approximate surface area is 57.5 Å². The monoisotopic (exact) mass is 145 g/mol. The van der Waals surface area contributed by atoms with Gasteiger partial charge in [0.2, 0.25) is 0 Å². The maximum absolute atomic E-state index is 10.2. The largest absolute Gasteiger partial charge is 0.481 e. The number of rotatable bonds is 4. The fourth-order valence-electron chi connectivity index (χ4n) is 0.714. The van der Waals surface area contributed by atoms with Gasteiger partial charge in [0.05, 0.1) is 8.80 Å². The molecule has 0 saturated carbocycles. The fourth-order valence-corrected chi connectivity index (χ4v) is 2.14.